The number of hydrogen-bond acceptors (Lipinski definition) is 4. The number of hydrogen-bond donors (Lipinski definition) is 1. The third kappa shape index (κ3) is 1.92. The van der Waals surface area contributed by atoms with Crippen LogP contribution in [0.5, 0.6) is 0 Å². The maximum atomic E-state index is 13.8. The predicted octanol–water partition coefficient (Wildman–Crippen LogP) is 0.749. The summed E-state index contributed by atoms with van der Waals surface area (Å²) in [7, 11) is 0. The van der Waals surface area contributed by atoms with E-state index < -0.39 is 0 Å². The van der Waals surface area contributed by atoms with E-state index in [2.05, 4.69) is 9.97 Å². The van der Waals surface area contributed by atoms with Gasteiger partial charge in [0.1, 0.15) is 6.33 Å². The third-order valence-corrected chi connectivity index (χ3v) is 2.64. The van der Waals surface area contributed by atoms with E-state index in [9.17, 15) is 9.50 Å². The van der Waals surface area contributed by atoms with Gasteiger partial charge in [0.2, 0.25) is 0 Å². The van der Waals surface area contributed by atoms with Gasteiger partial charge in [-0.15, -0.1) is 0 Å². The second kappa shape index (κ2) is 4.10. The summed E-state index contributed by atoms with van der Waals surface area (Å²) in [5.74, 6) is -0.0347. The first-order valence-corrected chi connectivity index (χ1v) is 5.14. The van der Waals surface area contributed by atoms with Crippen molar-refractivity contribution in [3.8, 4) is 0 Å². The molecule has 1 aliphatic rings. The van der Waals surface area contributed by atoms with E-state index in [4.69, 9.17) is 0 Å². The molecule has 1 fully saturated rings. The Labute approximate surface area is 87.8 Å². The maximum Gasteiger partial charge on any atom is 0.187 e. The van der Waals surface area contributed by atoms with Crippen LogP contribution in [0.25, 0.3) is 0 Å². The molecule has 82 valence electrons. The highest BCUT2D eigenvalue weighted by atomic mass is 19.1. The van der Waals surface area contributed by atoms with Crippen molar-refractivity contribution in [2.24, 2.45) is 0 Å². The summed E-state index contributed by atoms with van der Waals surface area (Å²) >= 11 is 0. The average Bonchev–Trinajstić information content (AvgIpc) is 2.65. The molecule has 0 bridgehead atoms. The number of halogens is 1. The quantitative estimate of drug-likeness (QED) is 0.784. The molecule has 1 aromatic rings. The fraction of sp³-hybridized carbons (Fsp3) is 0.600. The third-order valence-electron chi connectivity index (χ3n) is 2.64. The number of nitrogens with zero attached hydrogens (tertiary/aromatic N) is 3. The van der Waals surface area contributed by atoms with Crippen molar-refractivity contribution in [3.63, 3.8) is 0 Å². The number of aromatic nitrogens is 2. The summed E-state index contributed by atoms with van der Waals surface area (Å²) < 4.78 is 13.8. The van der Waals surface area contributed by atoms with E-state index in [-0.39, 0.29) is 11.9 Å². The molecule has 1 N–H and O–H groups in total. The van der Waals surface area contributed by atoms with E-state index in [1.54, 1.807) is 4.90 Å². The van der Waals surface area contributed by atoms with Gasteiger partial charge in [0, 0.05) is 13.1 Å². The second-order valence-corrected chi connectivity index (χ2v) is 3.70. The van der Waals surface area contributed by atoms with Crippen LogP contribution in [-0.2, 0) is 6.42 Å². The fourth-order valence-corrected chi connectivity index (χ4v) is 1.80. The Morgan fingerprint density at radius 2 is 2.40 bits per heavy atom. The number of aliphatic hydroxyl groups excluding tert-OH is 1. The first-order valence-electron chi connectivity index (χ1n) is 5.14. The Kier molecular flexibility index (Phi) is 2.81. The van der Waals surface area contributed by atoms with Gasteiger partial charge in [0.15, 0.2) is 11.6 Å². The fourth-order valence-electron chi connectivity index (χ4n) is 1.80. The van der Waals surface area contributed by atoms with Crippen LogP contribution < -0.4 is 4.90 Å². The lowest BCUT2D eigenvalue weighted by Gasteiger charge is -2.17. The van der Waals surface area contributed by atoms with Crippen molar-refractivity contribution >= 4 is 5.82 Å². The summed E-state index contributed by atoms with van der Waals surface area (Å²) in [4.78, 5) is 9.57. The Morgan fingerprint density at radius 3 is 3.00 bits per heavy atom. The first kappa shape index (κ1) is 10.3. The van der Waals surface area contributed by atoms with Crippen LogP contribution in [-0.4, -0.2) is 34.3 Å². The summed E-state index contributed by atoms with van der Waals surface area (Å²) in [6.45, 7) is 2.96. The molecule has 0 radical (unpaired) electrons. The Balaban J connectivity index is 2.28. The molecule has 1 saturated heterocycles. The molecule has 5 heteroatoms. The SMILES string of the molecule is CCc1ncnc(N2CC[C@@H](O)C2)c1F. The van der Waals surface area contributed by atoms with Gasteiger partial charge < -0.3 is 10.0 Å². The van der Waals surface area contributed by atoms with Gasteiger partial charge in [-0.2, -0.15) is 0 Å². The minimum atomic E-state index is -0.371. The van der Waals surface area contributed by atoms with E-state index in [0.29, 0.717) is 37.4 Å². The standard InChI is InChI=1S/C10H14FN3O/c1-2-8-9(11)10(13-6-12-8)14-4-3-7(15)5-14/h6-7,15H,2-5H2,1H3/t7-/m1/s1. The highest BCUT2D eigenvalue weighted by Crippen LogP contribution is 2.22. The Bertz CT molecular complexity index is 359. The highest BCUT2D eigenvalue weighted by Gasteiger charge is 2.24. The van der Waals surface area contributed by atoms with Crippen LogP contribution in [0.2, 0.25) is 0 Å². The largest absolute Gasteiger partial charge is 0.391 e. The number of anilines is 1. The summed E-state index contributed by atoms with van der Waals surface area (Å²) in [6, 6.07) is 0. The van der Waals surface area contributed by atoms with Gasteiger partial charge in [-0.3, -0.25) is 0 Å². The first-order chi connectivity index (χ1) is 7.22. The summed E-state index contributed by atoms with van der Waals surface area (Å²) in [5, 5.41) is 9.37. The molecule has 0 aromatic carbocycles. The van der Waals surface area contributed by atoms with Gasteiger partial charge in [-0.25, -0.2) is 14.4 Å². The van der Waals surface area contributed by atoms with Crippen LogP contribution in [0, 0.1) is 5.82 Å². The number of aliphatic hydroxyl groups is 1. The smallest absolute Gasteiger partial charge is 0.187 e. The van der Waals surface area contributed by atoms with Crippen molar-refractivity contribution in [2.45, 2.75) is 25.9 Å². The zero-order valence-electron chi connectivity index (χ0n) is 8.65. The van der Waals surface area contributed by atoms with Crippen LogP contribution in [0.15, 0.2) is 6.33 Å². The van der Waals surface area contributed by atoms with E-state index in [1.165, 1.54) is 6.33 Å². The van der Waals surface area contributed by atoms with Crippen molar-refractivity contribution in [1.29, 1.82) is 0 Å². The van der Waals surface area contributed by atoms with Gasteiger partial charge in [-0.05, 0) is 12.8 Å². The van der Waals surface area contributed by atoms with Crippen molar-refractivity contribution in [3.05, 3.63) is 17.8 Å². The zero-order chi connectivity index (χ0) is 10.8. The lowest BCUT2D eigenvalue weighted by Crippen LogP contribution is -2.24. The average molecular weight is 211 g/mol. The van der Waals surface area contributed by atoms with Gasteiger partial charge in [0.05, 0.1) is 11.8 Å². The monoisotopic (exact) mass is 211 g/mol. The molecule has 0 aliphatic carbocycles. The molecule has 0 saturated carbocycles. The summed E-state index contributed by atoms with van der Waals surface area (Å²) in [5.41, 5.74) is 0.432. The molecule has 0 amide bonds. The molecular formula is C10H14FN3O. The minimum Gasteiger partial charge on any atom is -0.391 e. The molecular weight excluding hydrogens is 197 g/mol. The minimum absolute atomic E-state index is 0.318. The Hall–Kier alpha value is -1.23. The molecule has 1 atom stereocenters. The van der Waals surface area contributed by atoms with E-state index in [0.717, 1.165) is 0 Å². The Morgan fingerprint density at radius 1 is 1.60 bits per heavy atom. The van der Waals surface area contributed by atoms with Crippen molar-refractivity contribution < 1.29 is 9.50 Å². The molecule has 4 nitrogen and oxygen atoms in total. The molecule has 0 unspecified atom stereocenters. The second-order valence-electron chi connectivity index (χ2n) is 3.70. The van der Waals surface area contributed by atoms with Crippen LogP contribution in [0.1, 0.15) is 19.0 Å². The summed E-state index contributed by atoms with van der Waals surface area (Å²) in [6.07, 6.45) is 2.23. The van der Waals surface area contributed by atoms with Crippen LogP contribution in [0.3, 0.4) is 0 Å². The van der Waals surface area contributed by atoms with E-state index in [1.807, 2.05) is 6.92 Å². The topological polar surface area (TPSA) is 49.2 Å². The maximum absolute atomic E-state index is 13.8. The number of aryl methyl sites for hydroxylation is 1. The number of rotatable bonds is 2. The van der Waals surface area contributed by atoms with E-state index >= 15 is 0 Å². The highest BCUT2D eigenvalue weighted by molar-refractivity contribution is 5.42. The molecule has 0 spiro atoms. The predicted molar refractivity (Wildman–Crippen MR) is 54.2 cm³/mol. The van der Waals surface area contributed by atoms with Crippen LogP contribution in [0.4, 0.5) is 10.2 Å². The molecule has 15 heavy (non-hydrogen) atoms. The molecule has 1 aromatic heterocycles. The van der Waals surface area contributed by atoms with Gasteiger partial charge in [0.25, 0.3) is 0 Å². The van der Waals surface area contributed by atoms with Crippen LogP contribution >= 0.6 is 0 Å². The lowest BCUT2D eigenvalue weighted by molar-refractivity contribution is 0.198. The zero-order valence-corrected chi connectivity index (χ0v) is 8.65. The normalized spacial score (nSPS) is 21.0. The molecule has 2 heterocycles. The van der Waals surface area contributed by atoms with Gasteiger partial charge in [-0.1, -0.05) is 6.92 Å². The van der Waals surface area contributed by atoms with Crippen molar-refractivity contribution in [1.82, 2.24) is 9.97 Å². The van der Waals surface area contributed by atoms with Gasteiger partial charge >= 0.3 is 0 Å². The molecule has 1 aliphatic heterocycles. The number of β-amino-alcohol motifs (C(OH)–C–C–N with tert-alkyl or cyclic N) is 1. The molecule has 2 rings (SSSR count). The van der Waals surface area contributed by atoms with Crippen molar-refractivity contribution in [2.75, 3.05) is 18.0 Å². The lowest BCUT2D eigenvalue weighted by atomic mass is 10.3.